The smallest absolute Gasteiger partial charge is 0.160 e. The summed E-state index contributed by atoms with van der Waals surface area (Å²) in [6.07, 6.45) is 0. The van der Waals surface area contributed by atoms with Crippen molar-refractivity contribution in [2.24, 2.45) is 0 Å². The van der Waals surface area contributed by atoms with E-state index >= 15 is 0 Å². The van der Waals surface area contributed by atoms with Gasteiger partial charge < -0.3 is 4.74 Å². The van der Waals surface area contributed by atoms with E-state index in [9.17, 15) is 5.26 Å². The summed E-state index contributed by atoms with van der Waals surface area (Å²) in [6, 6.07) is 72.0. The van der Waals surface area contributed by atoms with E-state index in [4.69, 9.17) is 14.7 Å². The van der Waals surface area contributed by atoms with Gasteiger partial charge >= 0.3 is 0 Å². The minimum absolute atomic E-state index is 0.568. The Morgan fingerprint density at radius 2 is 0.810 bits per heavy atom. The molecule has 0 saturated carbocycles. The van der Waals surface area contributed by atoms with Gasteiger partial charge in [0, 0.05) is 27.8 Å². The van der Waals surface area contributed by atoms with Crippen LogP contribution in [0.1, 0.15) is 27.8 Å². The fraction of sp³-hybridized carbons (Fsp3) is 0.0185. The Bertz CT molecular complexity index is 2970. The Hall–Kier alpha value is -7.87. The van der Waals surface area contributed by atoms with Gasteiger partial charge in [0.05, 0.1) is 28.4 Å². The molecule has 2 aliphatic rings. The predicted octanol–water partition coefficient (Wildman–Crippen LogP) is 13.2. The van der Waals surface area contributed by atoms with Gasteiger partial charge in [0.25, 0.3) is 0 Å². The Balaban J connectivity index is 1.06. The number of benzene rings is 8. The normalized spacial score (nSPS) is 12.7. The number of ether oxygens (including phenoxy) is 1. The van der Waals surface area contributed by atoms with Gasteiger partial charge in [0.15, 0.2) is 5.82 Å². The van der Waals surface area contributed by atoms with Gasteiger partial charge in [-0.1, -0.05) is 158 Å². The maximum atomic E-state index is 9.47. The number of hydrogen-bond acceptors (Lipinski definition) is 4. The molecule has 11 rings (SSSR count). The second-order valence-corrected chi connectivity index (χ2v) is 14.8. The molecule has 2 heterocycles. The lowest BCUT2D eigenvalue weighted by Crippen LogP contribution is -2.32. The number of nitriles is 1. The van der Waals surface area contributed by atoms with Crippen LogP contribution in [0, 0.1) is 11.3 Å². The number of nitrogens with zero attached hydrogens (tertiary/aromatic N) is 3. The number of aromatic nitrogens is 2. The predicted molar refractivity (Wildman–Crippen MR) is 231 cm³/mol. The van der Waals surface area contributed by atoms with Crippen molar-refractivity contribution in [3.63, 3.8) is 0 Å². The minimum Gasteiger partial charge on any atom is -0.457 e. The van der Waals surface area contributed by atoms with Crippen LogP contribution in [0.4, 0.5) is 0 Å². The number of fused-ring (bicyclic) bond motifs is 9. The van der Waals surface area contributed by atoms with Crippen molar-refractivity contribution in [1.82, 2.24) is 9.97 Å². The highest BCUT2D eigenvalue weighted by Gasteiger charge is 2.51. The van der Waals surface area contributed by atoms with Crippen molar-refractivity contribution in [2.45, 2.75) is 5.41 Å². The third-order valence-corrected chi connectivity index (χ3v) is 11.6. The second kappa shape index (κ2) is 13.4. The van der Waals surface area contributed by atoms with Gasteiger partial charge in [-0.15, -0.1) is 0 Å². The first kappa shape index (κ1) is 33.5. The quantitative estimate of drug-likeness (QED) is 0.176. The summed E-state index contributed by atoms with van der Waals surface area (Å²) >= 11 is 0. The van der Waals surface area contributed by atoms with Crippen molar-refractivity contribution in [2.75, 3.05) is 0 Å². The van der Waals surface area contributed by atoms with Crippen LogP contribution < -0.4 is 4.74 Å². The van der Waals surface area contributed by atoms with Crippen LogP contribution in [-0.2, 0) is 5.41 Å². The van der Waals surface area contributed by atoms with Gasteiger partial charge in [0.1, 0.15) is 11.5 Å². The minimum atomic E-state index is -0.568. The van der Waals surface area contributed by atoms with Gasteiger partial charge in [-0.2, -0.15) is 5.26 Å². The molecule has 0 radical (unpaired) electrons. The van der Waals surface area contributed by atoms with E-state index in [-0.39, 0.29) is 0 Å². The van der Waals surface area contributed by atoms with Crippen molar-refractivity contribution in [3.05, 3.63) is 228 Å². The number of rotatable bonds is 5. The third kappa shape index (κ3) is 5.29. The van der Waals surface area contributed by atoms with E-state index in [0.29, 0.717) is 11.4 Å². The first-order valence-corrected chi connectivity index (χ1v) is 19.4. The molecule has 1 aliphatic heterocycles. The average molecular weight is 740 g/mol. The van der Waals surface area contributed by atoms with E-state index in [0.717, 1.165) is 73.0 Å². The average Bonchev–Trinajstić information content (AvgIpc) is 3.59. The molecule has 0 atom stereocenters. The summed E-state index contributed by atoms with van der Waals surface area (Å²) in [5.74, 6) is 2.43. The molecule has 0 fully saturated rings. The van der Waals surface area contributed by atoms with E-state index < -0.39 is 5.41 Å². The molecule has 1 spiro atoms. The molecule has 0 unspecified atom stereocenters. The third-order valence-electron chi connectivity index (χ3n) is 11.6. The standard InChI is InChI=1S/C54H33N3O/c55-34-35-19-21-36(22-20-35)41-27-29-45-43(31-41)44-32-42(28-30-46(44)54(45)47-15-7-9-17-51(47)58-52-18-10-8-16-48(52)54)37-23-25-39(26-24-37)50-33-49(38-11-3-1-4-12-38)56-53(57-50)40-13-5-2-6-14-40/h1-33H. The molecule has 9 aromatic rings. The lowest BCUT2D eigenvalue weighted by Gasteiger charge is -2.39. The van der Waals surface area contributed by atoms with Crippen LogP contribution in [0.5, 0.6) is 11.5 Å². The summed E-state index contributed by atoms with van der Waals surface area (Å²) < 4.78 is 6.58. The van der Waals surface area contributed by atoms with Crippen LogP contribution in [-0.4, -0.2) is 9.97 Å². The molecule has 1 aromatic heterocycles. The molecular weight excluding hydrogens is 707 g/mol. The summed E-state index contributed by atoms with van der Waals surface area (Å²) in [6.45, 7) is 0. The van der Waals surface area contributed by atoms with Crippen LogP contribution in [0.3, 0.4) is 0 Å². The zero-order valence-corrected chi connectivity index (χ0v) is 31.3. The highest BCUT2D eigenvalue weighted by atomic mass is 16.5. The lowest BCUT2D eigenvalue weighted by atomic mass is 9.66. The molecule has 8 aromatic carbocycles. The molecule has 4 nitrogen and oxygen atoms in total. The van der Waals surface area contributed by atoms with Crippen LogP contribution >= 0.6 is 0 Å². The van der Waals surface area contributed by atoms with Crippen molar-refractivity contribution >= 4 is 0 Å². The van der Waals surface area contributed by atoms with Gasteiger partial charge in [-0.3, -0.25) is 0 Å². The first-order chi connectivity index (χ1) is 28.7. The monoisotopic (exact) mass is 739 g/mol. The van der Waals surface area contributed by atoms with Crippen LogP contribution in [0.15, 0.2) is 200 Å². The molecule has 1 aliphatic carbocycles. The first-order valence-electron chi connectivity index (χ1n) is 19.4. The molecule has 4 heteroatoms. The van der Waals surface area contributed by atoms with E-state index in [2.05, 4.69) is 133 Å². The molecule has 0 saturated heterocycles. The largest absolute Gasteiger partial charge is 0.457 e. The van der Waals surface area contributed by atoms with Crippen LogP contribution in [0.25, 0.3) is 67.3 Å². The van der Waals surface area contributed by atoms with E-state index in [1.165, 1.54) is 22.3 Å². The van der Waals surface area contributed by atoms with Crippen molar-refractivity contribution in [1.29, 1.82) is 5.26 Å². The summed E-state index contributed by atoms with van der Waals surface area (Å²) in [7, 11) is 0. The Kier molecular flexibility index (Phi) is 7.74. The lowest BCUT2D eigenvalue weighted by molar-refractivity contribution is 0.436. The molecule has 270 valence electrons. The molecule has 0 amide bonds. The van der Waals surface area contributed by atoms with Crippen LogP contribution in [0.2, 0.25) is 0 Å². The van der Waals surface area contributed by atoms with E-state index in [1.54, 1.807) is 0 Å². The fourth-order valence-electron chi connectivity index (χ4n) is 8.91. The van der Waals surface area contributed by atoms with Crippen molar-refractivity contribution in [3.8, 4) is 84.9 Å². The fourth-order valence-corrected chi connectivity index (χ4v) is 8.91. The van der Waals surface area contributed by atoms with Gasteiger partial charge in [-0.25, -0.2) is 9.97 Å². The zero-order chi connectivity index (χ0) is 38.6. The Labute approximate surface area is 337 Å². The van der Waals surface area contributed by atoms with Crippen molar-refractivity contribution < 1.29 is 4.74 Å². The number of hydrogen-bond donors (Lipinski definition) is 0. The molecule has 0 N–H and O–H groups in total. The Morgan fingerprint density at radius 1 is 0.379 bits per heavy atom. The number of para-hydroxylation sites is 2. The summed E-state index contributed by atoms with van der Waals surface area (Å²) in [5, 5.41) is 9.47. The topological polar surface area (TPSA) is 58.8 Å². The van der Waals surface area contributed by atoms with Gasteiger partial charge in [0.2, 0.25) is 0 Å². The Morgan fingerprint density at radius 3 is 1.34 bits per heavy atom. The summed E-state index contributed by atoms with van der Waals surface area (Å²) in [4.78, 5) is 10.0. The molecule has 0 bridgehead atoms. The SMILES string of the molecule is N#Cc1ccc(-c2ccc3c(c2)-c2cc(-c4ccc(-c5cc(-c6ccccc6)nc(-c6ccccc6)n5)cc4)ccc2C32c3ccccc3Oc3ccccc32)cc1. The highest BCUT2D eigenvalue weighted by molar-refractivity contribution is 5.92. The maximum Gasteiger partial charge on any atom is 0.160 e. The summed E-state index contributed by atoms with van der Waals surface area (Å²) in [5.41, 5.74) is 16.4. The maximum absolute atomic E-state index is 9.47. The molecular formula is C54H33N3O. The van der Waals surface area contributed by atoms with E-state index in [1.807, 2.05) is 72.8 Å². The zero-order valence-electron chi connectivity index (χ0n) is 31.3. The van der Waals surface area contributed by atoms with Gasteiger partial charge in [-0.05, 0) is 87.0 Å². The molecule has 58 heavy (non-hydrogen) atoms. The second-order valence-electron chi connectivity index (χ2n) is 14.8. The highest BCUT2D eigenvalue weighted by Crippen LogP contribution is 2.62.